The molecule has 140 valence electrons. The van der Waals surface area contributed by atoms with E-state index in [1.54, 1.807) is 40.1 Å². The van der Waals surface area contributed by atoms with Crippen molar-refractivity contribution in [2.24, 2.45) is 0 Å². The van der Waals surface area contributed by atoms with E-state index in [1.165, 1.54) is 5.56 Å². The van der Waals surface area contributed by atoms with Gasteiger partial charge < -0.3 is 9.80 Å². The summed E-state index contributed by atoms with van der Waals surface area (Å²) < 4.78 is 0. The second-order valence-electron chi connectivity index (χ2n) is 6.82. The van der Waals surface area contributed by atoms with Crippen LogP contribution in [-0.4, -0.2) is 47.8 Å². The highest BCUT2D eigenvalue weighted by Crippen LogP contribution is 2.15. The van der Waals surface area contributed by atoms with Crippen LogP contribution in [0.4, 0.5) is 0 Å². The van der Waals surface area contributed by atoms with Crippen LogP contribution in [0.25, 0.3) is 6.08 Å². The largest absolute Gasteiger partial charge is 0.336 e. The summed E-state index contributed by atoms with van der Waals surface area (Å²) in [6.45, 7) is 6.23. The molecule has 5 heteroatoms. The van der Waals surface area contributed by atoms with Gasteiger partial charge in [0.1, 0.15) is 0 Å². The lowest BCUT2D eigenvalue weighted by Gasteiger charge is -2.34. The monoisotopic (exact) mass is 382 g/mol. The van der Waals surface area contributed by atoms with Crippen LogP contribution in [0.15, 0.2) is 48.5 Å². The Morgan fingerprint density at radius 3 is 2.19 bits per heavy atom. The van der Waals surface area contributed by atoms with Gasteiger partial charge in [-0.15, -0.1) is 0 Å². The fraction of sp³-hybridized carbons (Fsp3) is 0.273. The molecule has 0 atom stereocenters. The van der Waals surface area contributed by atoms with E-state index < -0.39 is 0 Å². The third kappa shape index (κ3) is 4.77. The summed E-state index contributed by atoms with van der Waals surface area (Å²) in [6, 6.07) is 13.1. The maximum absolute atomic E-state index is 12.5. The van der Waals surface area contributed by atoms with Crippen molar-refractivity contribution in [3.63, 3.8) is 0 Å². The molecule has 1 aliphatic rings. The molecule has 4 nitrogen and oxygen atoms in total. The second-order valence-corrected chi connectivity index (χ2v) is 7.25. The molecule has 1 fully saturated rings. The van der Waals surface area contributed by atoms with Gasteiger partial charge in [-0.1, -0.05) is 35.4 Å². The van der Waals surface area contributed by atoms with Gasteiger partial charge in [-0.2, -0.15) is 0 Å². The maximum Gasteiger partial charge on any atom is 0.253 e. The normalized spacial score (nSPS) is 14.6. The van der Waals surface area contributed by atoms with Gasteiger partial charge in [-0.3, -0.25) is 9.59 Å². The molecule has 2 aromatic rings. The Morgan fingerprint density at radius 1 is 0.926 bits per heavy atom. The van der Waals surface area contributed by atoms with Crippen molar-refractivity contribution in [1.82, 2.24) is 9.80 Å². The molecule has 0 aromatic heterocycles. The van der Waals surface area contributed by atoms with E-state index in [0.717, 1.165) is 11.1 Å². The lowest BCUT2D eigenvalue weighted by molar-refractivity contribution is -0.127. The Bertz CT molecular complexity index is 866. The number of hydrogen-bond acceptors (Lipinski definition) is 2. The number of carbonyl (C=O) groups excluding carboxylic acids is 2. The van der Waals surface area contributed by atoms with Crippen molar-refractivity contribution in [3.8, 4) is 0 Å². The van der Waals surface area contributed by atoms with Crippen LogP contribution in [0.3, 0.4) is 0 Å². The molecule has 0 unspecified atom stereocenters. The standard InChI is InChI=1S/C22H23ClN2O2/c1-16-3-4-18(17(2)15-16)7-10-21(26)24-11-13-25(14-12-24)22(27)19-5-8-20(23)9-6-19/h3-10,15H,11-14H2,1-2H3/b10-7+. The van der Waals surface area contributed by atoms with Crippen LogP contribution in [0.5, 0.6) is 0 Å². The molecule has 0 N–H and O–H groups in total. The molecule has 1 aliphatic heterocycles. The average molecular weight is 383 g/mol. The smallest absolute Gasteiger partial charge is 0.253 e. The minimum Gasteiger partial charge on any atom is -0.336 e. The zero-order valence-electron chi connectivity index (χ0n) is 15.6. The van der Waals surface area contributed by atoms with Crippen molar-refractivity contribution in [2.45, 2.75) is 13.8 Å². The first kappa shape index (κ1) is 19.2. The molecule has 0 spiro atoms. The zero-order valence-corrected chi connectivity index (χ0v) is 16.4. The highest BCUT2D eigenvalue weighted by atomic mass is 35.5. The van der Waals surface area contributed by atoms with E-state index >= 15 is 0 Å². The number of halogens is 1. The molecule has 0 saturated carbocycles. The molecule has 2 aromatic carbocycles. The van der Waals surface area contributed by atoms with Gasteiger partial charge in [0.15, 0.2) is 0 Å². The molecule has 2 amide bonds. The Morgan fingerprint density at radius 2 is 1.56 bits per heavy atom. The van der Waals surface area contributed by atoms with E-state index in [-0.39, 0.29) is 11.8 Å². The fourth-order valence-corrected chi connectivity index (χ4v) is 3.31. The lowest BCUT2D eigenvalue weighted by atomic mass is 10.1. The number of benzene rings is 2. The van der Waals surface area contributed by atoms with E-state index in [0.29, 0.717) is 36.8 Å². The zero-order chi connectivity index (χ0) is 19.4. The number of carbonyl (C=O) groups is 2. The molecule has 1 saturated heterocycles. The predicted octanol–water partition coefficient (Wildman–Crippen LogP) is 3.95. The third-order valence-corrected chi connectivity index (χ3v) is 5.05. The Hall–Kier alpha value is -2.59. The molecule has 3 rings (SSSR count). The van der Waals surface area contributed by atoms with Gasteiger partial charge >= 0.3 is 0 Å². The Labute approximate surface area is 165 Å². The predicted molar refractivity (Wildman–Crippen MR) is 109 cm³/mol. The van der Waals surface area contributed by atoms with Crippen molar-refractivity contribution >= 4 is 29.5 Å². The highest BCUT2D eigenvalue weighted by Gasteiger charge is 2.23. The summed E-state index contributed by atoms with van der Waals surface area (Å²) >= 11 is 5.87. The number of amides is 2. The van der Waals surface area contributed by atoms with Gasteiger partial charge in [-0.25, -0.2) is 0 Å². The number of aryl methyl sites for hydroxylation is 2. The van der Waals surface area contributed by atoms with Crippen molar-refractivity contribution in [2.75, 3.05) is 26.2 Å². The molecule has 0 bridgehead atoms. The number of piperazine rings is 1. The number of rotatable bonds is 3. The van der Waals surface area contributed by atoms with Crippen molar-refractivity contribution in [1.29, 1.82) is 0 Å². The van der Waals surface area contributed by atoms with Crippen molar-refractivity contribution < 1.29 is 9.59 Å². The quantitative estimate of drug-likeness (QED) is 0.754. The minimum absolute atomic E-state index is 0.0198. The van der Waals surface area contributed by atoms with Crippen LogP contribution in [-0.2, 0) is 4.79 Å². The molecular formula is C22H23ClN2O2. The third-order valence-electron chi connectivity index (χ3n) is 4.80. The molecular weight excluding hydrogens is 360 g/mol. The van der Waals surface area contributed by atoms with E-state index in [9.17, 15) is 9.59 Å². The van der Waals surface area contributed by atoms with Crippen LogP contribution < -0.4 is 0 Å². The van der Waals surface area contributed by atoms with E-state index in [4.69, 9.17) is 11.6 Å². The first-order valence-electron chi connectivity index (χ1n) is 9.03. The fourth-order valence-electron chi connectivity index (χ4n) is 3.18. The van der Waals surface area contributed by atoms with Gasteiger partial charge in [0.2, 0.25) is 5.91 Å². The first-order chi connectivity index (χ1) is 12.9. The van der Waals surface area contributed by atoms with Crippen molar-refractivity contribution in [3.05, 3.63) is 75.8 Å². The van der Waals surface area contributed by atoms with Crippen LogP contribution >= 0.6 is 11.6 Å². The average Bonchev–Trinajstić information content (AvgIpc) is 2.67. The summed E-state index contributed by atoms with van der Waals surface area (Å²) in [6.07, 6.45) is 3.48. The summed E-state index contributed by atoms with van der Waals surface area (Å²) in [5, 5.41) is 0.609. The number of nitrogens with zero attached hydrogens (tertiary/aromatic N) is 2. The van der Waals surface area contributed by atoms with Crippen LogP contribution in [0.2, 0.25) is 5.02 Å². The van der Waals surface area contributed by atoms with Gasteiger partial charge in [0.25, 0.3) is 5.91 Å². The van der Waals surface area contributed by atoms with E-state index in [1.807, 2.05) is 25.1 Å². The topological polar surface area (TPSA) is 40.6 Å². The number of hydrogen-bond donors (Lipinski definition) is 0. The summed E-state index contributed by atoms with van der Waals surface area (Å²) in [7, 11) is 0. The van der Waals surface area contributed by atoms with E-state index in [2.05, 4.69) is 13.0 Å². The lowest BCUT2D eigenvalue weighted by Crippen LogP contribution is -2.50. The molecule has 0 radical (unpaired) electrons. The maximum atomic E-state index is 12.5. The second kappa shape index (κ2) is 8.40. The van der Waals surface area contributed by atoms with Gasteiger partial charge in [0, 0.05) is 42.8 Å². The molecule has 27 heavy (non-hydrogen) atoms. The van der Waals surface area contributed by atoms with Crippen LogP contribution in [0, 0.1) is 13.8 Å². The first-order valence-corrected chi connectivity index (χ1v) is 9.41. The molecule has 1 heterocycles. The van der Waals surface area contributed by atoms with Crippen LogP contribution in [0.1, 0.15) is 27.0 Å². The molecule has 0 aliphatic carbocycles. The summed E-state index contributed by atoms with van der Waals surface area (Å²) in [5.41, 5.74) is 4.02. The Kier molecular flexibility index (Phi) is 5.97. The SMILES string of the molecule is Cc1ccc(/C=C/C(=O)N2CCN(C(=O)c3ccc(Cl)cc3)CC2)c(C)c1. The minimum atomic E-state index is -0.0235. The Balaban J connectivity index is 1.56. The highest BCUT2D eigenvalue weighted by molar-refractivity contribution is 6.30. The summed E-state index contributed by atoms with van der Waals surface area (Å²) in [5.74, 6) is -0.0434. The summed E-state index contributed by atoms with van der Waals surface area (Å²) in [4.78, 5) is 28.5. The van der Waals surface area contributed by atoms with Gasteiger partial charge in [-0.05, 0) is 55.3 Å². The van der Waals surface area contributed by atoms with Gasteiger partial charge in [0.05, 0.1) is 0 Å².